The van der Waals surface area contributed by atoms with E-state index in [0.717, 1.165) is 32.2 Å². The molecule has 1 unspecified atom stereocenters. The molecule has 0 spiro atoms. The molecule has 1 atom stereocenters. The SMILES string of the molecule is CCCC1NC(=O)CCN(CCCCCSC)C1=O. The first-order valence-corrected chi connectivity index (χ1v) is 8.65. The van der Waals surface area contributed by atoms with Gasteiger partial charge >= 0.3 is 0 Å². The van der Waals surface area contributed by atoms with Crippen LogP contribution < -0.4 is 5.32 Å². The Bertz CT molecular complexity index is 297. The van der Waals surface area contributed by atoms with Crippen LogP contribution in [0.2, 0.25) is 0 Å². The summed E-state index contributed by atoms with van der Waals surface area (Å²) in [6, 6.07) is -0.300. The van der Waals surface area contributed by atoms with E-state index < -0.39 is 0 Å². The van der Waals surface area contributed by atoms with Crippen LogP contribution in [0.15, 0.2) is 0 Å². The van der Waals surface area contributed by atoms with E-state index in [1.165, 1.54) is 12.2 Å². The Morgan fingerprint density at radius 2 is 2.11 bits per heavy atom. The molecule has 19 heavy (non-hydrogen) atoms. The Labute approximate surface area is 120 Å². The van der Waals surface area contributed by atoms with Gasteiger partial charge < -0.3 is 10.2 Å². The molecule has 0 saturated carbocycles. The quantitative estimate of drug-likeness (QED) is 0.695. The van der Waals surface area contributed by atoms with Crippen molar-refractivity contribution in [1.29, 1.82) is 0 Å². The molecule has 0 bridgehead atoms. The number of hydrogen-bond acceptors (Lipinski definition) is 3. The lowest BCUT2D eigenvalue weighted by Crippen LogP contribution is -2.44. The van der Waals surface area contributed by atoms with Crippen LogP contribution in [0, 0.1) is 0 Å². The number of rotatable bonds is 8. The molecule has 0 aliphatic carbocycles. The van der Waals surface area contributed by atoms with E-state index in [2.05, 4.69) is 11.6 Å². The molecule has 1 aliphatic rings. The van der Waals surface area contributed by atoms with Crippen LogP contribution in [0.4, 0.5) is 0 Å². The van der Waals surface area contributed by atoms with Gasteiger partial charge in [0.1, 0.15) is 6.04 Å². The van der Waals surface area contributed by atoms with Crippen LogP contribution >= 0.6 is 11.8 Å². The third-order valence-electron chi connectivity index (χ3n) is 3.41. The molecule has 1 aliphatic heterocycles. The van der Waals surface area contributed by atoms with E-state index >= 15 is 0 Å². The number of nitrogens with one attached hydrogen (secondary N) is 1. The summed E-state index contributed by atoms with van der Waals surface area (Å²) in [5, 5.41) is 2.84. The minimum absolute atomic E-state index is 0.0108. The average Bonchev–Trinajstić information content (AvgIpc) is 2.52. The van der Waals surface area contributed by atoms with Gasteiger partial charge in [0.25, 0.3) is 0 Å². The maximum absolute atomic E-state index is 12.3. The molecule has 110 valence electrons. The summed E-state index contributed by atoms with van der Waals surface area (Å²) in [4.78, 5) is 25.8. The molecule has 1 rings (SSSR count). The summed E-state index contributed by atoms with van der Waals surface area (Å²) in [5.74, 6) is 1.31. The second-order valence-electron chi connectivity index (χ2n) is 5.04. The van der Waals surface area contributed by atoms with Crippen molar-refractivity contribution in [3.05, 3.63) is 0 Å². The lowest BCUT2D eigenvalue weighted by atomic mass is 10.1. The number of hydrogen-bond donors (Lipinski definition) is 1. The zero-order chi connectivity index (χ0) is 14.1. The van der Waals surface area contributed by atoms with Crippen LogP contribution in [-0.2, 0) is 9.59 Å². The minimum atomic E-state index is -0.300. The summed E-state index contributed by atoms with van der Waals surface area (Å²) in [7, 11) is 0. The highest BCUT2D eigenvalue weighted by Gasteiger charge is 2.28. The van der Waals surface area contributed by atoms with Gasteiger partial charge in [0.2, 0.25) is 11.8 Å². The lowest BCUT2D eigenvalue weighted by molar-refractivity contribution is -0.133. The van der Waals surface area contributed by atoms with Gasteiger partial charge in [0, 0.05) is 19.5 Å². The first-order chi connectivity index (χ1) is 9.19. The normalized spacial score (nSPS) is 20.3. The molecule has 1 N–H and O–H groups in total. The number of carbonyl (C=O) groups excluding carboxylic acids is 2. The third kappa shape index (κ3) is 5.85. The Morgan fingerprint density at radius 3 is 2.79 bits per heavy atom. The van der Waals surface area contributed by atoms with Crippen molar-refractivity contribution in [3.63, 3.8) is 0 Å². The largest absolute Gasteiger partial charge is 0.344 e. The Morgan fingerprint density at radius 1 is 1.32 bits per heavy atom. The fourth-order valence-electron chi connectivity index (χ4n) is 2.33. The standard InChI is InChI=1S/C14H26N2O2S/c1-3-7-12-14(18)16(10-8-13(17)15-12)9-5-4-6-11-19-2/h12H,3-11H2,1-2H3,(H,15,17). The van der Waals surface area contributed by atoms with E-state index in [1.54, 1.807) is 0 Å². The highest BCUT2D eigenvalue weighted by Crippen LogP contribution is 2.10. The zero-order valence-corrected chi connectivity index (χ0v) is 12.9. The van der Waals surface area contributed by atoms with E-state index in [0.29, 0.717) is 13.0 Å². The van der Waals surface area contributed by atoms with Gasteiger partial charge in [0.15, 0.2) is 0 Å². The van der Waals surface area contributed by atoms with Crippen molar-refractivity contribution in [3.8, 4) is 0 Å². The highest BCUT2D eigenvalue weighted by molar-refractivity contribution is 7.98. The van der Waals surface area contributed by atoms with Gasteiger partial charge in [-0.25, -0.2) is 0 Å². The molecular weight excluding hydrogens is 260 g/mol. The van der Waals surface area contributed by atoms with Crippen LogP contribution in [0.3, 0.4) is 0 Å². The highest BCUT2D eigenvalue weighted by atomic mass is 32.2. The summed E-state index contributed by atoms with van der Waals surface area (Å²) in [6.45, 7) is 3.41. The molecule has 4 nitrogen and oxygen atoms in total. The minimum Gasteiger partial charge on any atom is -0.344 e. The van der Waals surface area contributed by atoms with Crippen molar-refractivity contribution >= 4 is 23.6 Å². The van der Waals surface area contributed by atoms with Crippen molar-refractivity contribution in [2.45, 2.75) is 51.5 Å². The monoisotopic (exact) mass is 286 g/mol. The van der Waals surface area contributed by atoms with Crippen LogP contribution in [0.5, 0.6) is 0 Å². The van der Waals surface area contributed by atoms with Crippen LogP contribution in [0.25, 0.3) is 0 Å². The predicted molar refractivity (Wildman–Crippen MR) is 80.3 cm³/mol. The van der Waals surface area contributed by atoms with Gasteiger partial charge in [-0.3, -0.25) is 9.59 Å². The Hall–Kier alpha value is -0.710. The van der Waals surface area contributed by atoms with Gasteiger partial charge in [-0.05, 0) is 31.3 Å². The molecular formula is C14H26N2O2S. The van der Waals surface area contributed by atoms with Crippen molar-refractivity contribution < 1.29 is 9.59 Å². The maximum Gasteiger partial charge on any atom is 0.245 e. The summed E-state index contributed by atoms with van der Waals surface area (Å²) < 4.78 is 0. The summed E-state index contributed by atoms with van der Waals surface area (Å²) in [5.41, 5.74) is 0. The van der Waals surface area contributed by atoms with E-state index in [-0.39, 0.29) is 17.9 Å². The summed E-state index contributed by atoms with van der Waals surface area (Å²) in [6.07, 6.45) is 7.62. The molecule has 1 fully saturated rings. The van der Waals surface area contributed by atoms with Gasteiger partial charge in [-0.1, -0.05) is 19.8 Å². The van der Waals surface area contributed by atoms with Crippen LogP contribution in [0.1, 0.15) is 45.4 Å². The average molecular weight is 286 g/mol. The van der Waals surface area contributed by atoms with Crippen molar-refractivity contribution in [2.24, 2.45) is 0 Å². The second-order valence-corrected chi connectivity index (χ2v) is 6.02. The fraction of sp³-hybridized carbons (Fsp3) is 0.857. The lowest BCUT2D eigenvalue weighted by Gasteiger charge is -2.23. The van der Waals surface area contributed by atoms with Gasteiger partial charge in [0.05, 0.1) is 0 Å². The first kappa shape index (κ1) is 16.3. The number of carbonyl (C=O) groups is 2. The number of thioether (sulfide) groups is 1. The Kier molecular flexibility index (Phi) is 7.94. The molecule has 0 aromatic carbocycles. The molecule has 0 aromatic rings. The zero-order valence-electron chi connectivity index (χ0n) is 12.1. The summed E-state index contributed by atoms with van der Waals surface area (Å²) >= 11 is 1.86. The van der Waals surface area contributed by atoms with E-state index in [9.17, 15) is 9.59 Å². The second kappa shape index (κ2) is 9.23. The molecule has 1 saturated heterocycles. The van der Waals surface area contributed by atoms with E-state index in [1.807, 2.05) is 23.6 Å². The third-order valence-corrected chi connectivity index (χ3v) is 4.10. The number of unbranched alkanes of at least 4 members (excludes halogenated alkanes) is 2. The fourth-order valence-corrected chi connectivity index (χ4v) is 2.82. The van der Waals surface area contributed by atoms with E-state index in [4.69, 9.17) is 0 Å². The van der Waals surface area contributed by atoms with Crippen LogP contribution in [-0.4, -0.2) is 47.9 Å². The Balaban J connectivity index is 2.41. The molecule has 5 heteroatoms. The smallest absolute Gasteiger partial charge is 0.245 e. The molecule has 0 aromatic heterocycles. The first-order valence-electron chi connectivity index (χ1n) is 7.26. The topological polar surface area (TPSA) is 49.4 Å². The van der Waals surface area contributed by atoms with Gasteiger partial charge in [-0.2, -0.15) is 11.8 Å². The van der Waals surface area contributed by atoms with Crippen molar-refractivity contribution in [1.82, 2.24) is 10.2 Å². The predicted octanol–water partition coefficient (Wildman–Crippen LogP) is 2.04. The molecule has 2 amide bonds. The molecule has 1 heterocycles. The van der Waals surface area contributed by atoms with Crippen molar-refractivity contribution in [2.75, 3.05) is 25.1 Å². The maximum atomic E-state index is 12.3. The number of amides is 2. The molecule has 0 radical (unpaired) electrons. The number of nitrogens with zero attached hydrogens (tertiary/aromatic N) is 1. The van der Waals surface area contributed by atoms with Gasteiger partial charge in [-0.15, -0.1) is 0 Å².